The van der Waals surface area contributed by atoms with Gasteiger partial charge in [0.2, 0.25) is 0 Å². The van der Waals surface area contributed by atoms with Crippen LogP contribution in [-0.2, 0) is 9.53 Å². The average Bonchev–Trinajstić information content (AvgIpc) is 2.56. The van der Waals surface area contributed by atoms with E-state index in [1.165, 1.54) is 32.6 Å². The lowest BCUT2D eigenvalue weighted by atomic mass is 9.98. The fourth-order valence-corrected chi connectivity index (χ4v) is 1.88. The summed E-state index contributed by atoms with van der Waals surface area (Å²) in [5.41, 5.74) is 1.60. The third-order valence-electron chi connectivity index (χ3n) is 2.66. The molecule has 1 rings (SSSR count). The number of hydrogen-bond acceptors (Lipinski definition) is 2. The molecule has 1 aliphatic rings. The second-order valence-corrected chi connectivity index (χ2v) is 4.19. The Labute approximate surface area is 86.3 Å². The zero-order chi connectivity index (χ0) is 10.4. The Hall–Kier alpha value is -0.790. The molecular formula is C12H20O2. The van der Waals surface area contributed by atoms with E-state index in [0.29, 0.717) is 12.5 Å². The van der Waals surface area contributed by atoms with Crippen molar-refractivity contribution in [1.29, 1.82) is 0 Å². The van der Waals surface area contributed by atoms with Crippen molar-refractivity contribution in [3.63, 3.8) is 0 Å². The molecule has 0 heterocycles. The summed E-state index contributed by atoms with van der Waals surface area (Å²) in [6.07, 6.45) is 8.39. The average molecular weight is 196 g/mol. The molecule has 1 aliphatic carbocycles. The van der Waals surface area contributed by atoms with Crippen LogP contribution in [0, 0.1) is 5.92 Å². The highest BCUT2D eigenvalue weighted by molar-refractivity contribution is 5.65. The Morgan fingerprint density at radius 1 is 1.64 bits per heavy atom. The summed E-state index contributed by atoms with van der Waals surface area (Å²) in [5, 5.41) is 0. The van der Waals surface area contributed by atoms with Gasteiger partial charge in [0.1, 0.15) is 0 Å². The zero-order valence-electron chi connectivity index (χ0n) is 9.21. The van der Waals surface area contributed by atoms with Crippen molar-refractivity contribution in [3.05, 3.63) is 11.6 Å². The fourth-order valence-electron chi connectivity index (χ4n) is 1.88. The summed E-state index contributed by atoms with van der Waals surface area (Å²) >= 11 is 0. The third kappa shape index (κ3) is 4.45. The Kier molecular flexibility index (Phi) is 4.71. The molecule has 0 aliphatic heterocycles. The summed E-state index contributed by atoms with van der Waals surface area (Å²) in [6.45, 7) is 4.26. The van der Waals surface area contributed by atoms with Crippen LogP contribution in [0.15, 0.2) is 11.6 Å². The third-order valence-corrected chi connectivity index (χ3v) is 2.66. The SMILES string of the molecule is CC(=O)OCCC(C)CC1=CCCC1. The molecule has 1 atom stereocenters. The predicted molar refractivity (Wildman–Crippen MR) is 57.0 cm³/mol. The lowest BCUT2D eigenvalue weighted by Crippen LogP contribution is -2.05. The van der Waals surface area contributed by atoms with Crippen LogP contribution in [-0.4, -0.2) is 12.6 Å². The highest BCUT2D eigenvalue weighted by Crippen LogP contribution is 2.25. The van der Waals surface area contributed by atoms with E-state index < -0.39 is 0 Å². The molecule has 0 saturated heterocycles. The van der Waals surface area contributed by atoms with Gasteiger partial charge in [0, 0.05) is 6.92 Å². The van der Waals surface area contributed by atoms with Gasteiger partial charge < -0.3 is 4.74 Å². The van der Waals surface area contributed by atoms with Gasteiger partial charge in [0.25, 0.3) is 0 Å². The van der Waals surface area contributed by atoms with Gasteiger partial charge in [-0.25, -0.2) is 0 Å². The topological polar surface area (TPSA) is 26.3 Å². The van der Waals surface area contributed by atoms with E-state index in [2.05, 4.69) is 13.0 Å². The summed E-state index contributed by atoms with van der Waals surface area (Å²) in [5.74, 6) is 0.469. The van der Waals surface area contributed by atoms with E-state index in [9.17, 15) is 4.79 Å². The number of carbonyl (C=O) groups is 1. The van der Waals surface area contributed by atoms with Crippen molar-refractivity contribution < 1.29 is 9.53 Å². The van der Waals surface area contributed by atoms with Gasteiger partial charge in [-0.2, -0.15) is 0 Å². The molecule has 0 radical (unpaired) electrons. The minimum atomic E-state index is -0.169. The first-order chi connectivity index (χ1) is 6.68. The van der Waals surface area contributed by atoms with Gasteiger partial charge in [0.05, 0.1) is 6.61 Å². The van der Waals surface area contributed by atoms with Crippen molar-refractivity contribution in [2.75, 3.05) is 6.61 Å². The molecule has 1 unspecified atom stereocenters. The molecular weight excluding hydrogens is 176 g/mol. The number of esters is 1. The van der Waals surface area contributed by atoms with E-state index >= 15 is 0 Å². The molecule has 0 amide bonds. The largest absolute Gasteiger partial charge is 0.466 e. The first-order valence-corrected chi connectivity index (χ1v) is 5.49. The van der Waals surface area contributed by atoms with E-state index in [1.54, 1.807) is 5.57 Å². The molecule has 14 heavy (non-hydrogen) atoms. The zero-order valence-corrected chi connectivity index (χ0v) is 9.21. The first kappa shape index (κ1) is 11.3. The molecule has 2 heteroatoms. The van der Waals surface area contributed by atoms with Gasteiger partial charge in [0.15, 0.2) is 0 Å². The standard InChI is InChI=1S/C12H20O2/c1-10(7-8-14-11(2)13)9-12-5-3-4-6-12/h5,10H,3-4,6-9H2,1-2H3. The summed E-state index contributed by atoms with van der Waals surface area (Å²) in [7, 11) is 0. The maximum atomic E-state index is 10.5. The van der Waals surface area contributed by atoms with Crippen LogP contribution >= 0.6 is 0 Å². The van der Waals surface area contributed by atoms with Crippen LogP contribution < -0.4 is 0 Å². The maximum absolute atomic E-state index is 10.5. The highest BCUT2D eigenvalue weighted by Gasteiger charge is 2.09. The van der Waals surface area contributed by atoms with Crippen LogP contribution in [0.2, 0.25) is 0 Å². The van der Waals surface area contributed by atoms with Crippen LogP contribution in [0.3, 0.4) is 0 Å². The Balaban J connectivity index is 2.09. The van der Waals surface area contributed by atoms with Crippen molar-refractivity contribution >= 4 is 5.97 Å². The number of rotatable bonds is 5. The minimum absolute atomic E-state index is 0.169. The van der Waals surface area contributed by atoms with Crippen molar-refractivity contribution in [3.8, 4) is 0 Å². The summed E-state index contributed by atoms with van der Waals surface area (Å²) < 4.78 is 4.92. The Bertz CT molecular complexity index is 218. The van der Waals surface area contributed by atoms with Gasteiger partial charge in [-0.1, -0.05) is 18.6 Å². The molecule has 80 valence electrons. The first-order valence-electron chi connectivity index (χ1n) is 5.49. The van der Waals surface area contributed by atoms with Crippen molar-refractivity contribution in [1.82, 2.24) is 0 Å². The molecule has 0 N–H and O–H groups in total. The van der Waals surface area contributed by atoms with Crippen molar-refractivity contribution in [2.45, 2.75) is 46.0 Å². The molecule has 0 fully saturated rings. The molecule has 0 aromatic carbocycles. The monoisotopic (exact) mass is 196 g/mol. The van der Waals surface area contributed by atoms with Gasteiger partial charge in [-0.05, 0) is 38.0 Å². The van der Waals surface area contributed by atoms with E-state index in [0.717, 1.165) is 6.42 Å². The molecule has 0 bridgehead atoms. The lowest BCUT2D eigenvalue weighted by Gasteiger charge is -2.11. The van der Waals surface area contributed by atoms with Crippen molar-refractivity contribution in [2.24, 2.45) is 5.92 Å². The number of allylic oxidation sites excluding steroid dienone is 2. The fraction of sp³-hybridized carbons (Fsp3) is 0.750. The van der Waals surface area contributed by atoms with Crippen LogP contribution in [0.5, 0.6) is 0 Å². The summed E-state index contributed by atoms with van der Waals surface area (Å²) in [6, 6.07) is 0. The van der Waals surface area contributed by atoms with Crippen LogP contribution in [0.25, 0.3) is 0 Å². The number of hydrogen-bond donors (Lipinski definition) is 0. The van der Waals surface area contributed by atoms with E-state index in [1.807, 2.05) is 0 Å². The van der Waals surface area contributed by atoms with Gasteiger partial charge >= 0.3 is 5.97 Å². The van der Waals surface area contributed by atoms with Gasteiger partial charge in [-0.15, -0.1) is 0 Å². The van der Waals surface area contributed by atoms with E-state index in [4.69, 9.17) is 4.74 Å². The molecule has 0 spiro atoms. The van der Waals surface area contributed by atoms with Crippen LogP contribution in [0.4, 0.5) is 0 Å². The quantitative estimate of drug-likeness (QED) is 0.499. The number of carbonyl (C=O) groups excluding carboxylic acids is 1. The normalized spacial score (nSPS) is 17.7. The second kappa shape index (κ2) is 5.84. The second-order valence-electron chi connectivity index (χ2n) is 4.19. The Morgan fingerprint density at radius 2 is 2.43 bits per heavy atom. The van der Waals surface area contributed by atoms with Gasteiger partial charge in [-0.3, -0.25) is 4.79 Å². The minimum Gasteiger partial charge on any atom is -0.466 e. The van der Waals surface area contributed by atoms with E-state index in [-0.39, 0.29) is 5.97 Å². The lowest BCUT2D eigenvalue weighted by molar-refractivity contribution is -0.141. The Morgan fingerprint density at radius 3 is 3.00 bits per heavy atom. The molecule has 0 aromatic rings. The smallest absolute Gasteiger partial charge is 0.302 e. The highest BCUT2D eigenvalue weighted by atomic mass is 16.5. The maximum Gasteiger partial charge on any atom is 0.302 e. The molecule has 2 nitrogen and oxygen atoms in total. The summed E-state index contributed by atoms with van der Waals surface area (Å²) in [4.78, 5) is 10.5. The number of ether oxygens (including phenoxy) is 1. The molecule has 0 aromatic heterocycles. The molecule has 0 saturated carbocycles. The predicted octanol–water partition coefficient (Wildman–Crippen LogP) is 3.08. The van der Waals surface area contributed by atoms with Crippen LogP contribution in [0.1, 0.15) is 46.0 Å².